The highest BCUT2D eigenvalue weighted by atomic mass is 16.5. The summed E-state index contributed by atoms with van der Waals surface area (Å²) in [5.74, 6) is 2.91. The molecule has 1 amide bonds. The summed E-state index contributed by atoms with van der Waals surface area (Å²) in [7, 11) is 0. The van der Waals surface area contributed by atoms with Crippen LogP contribution in [0.1, 0.15) is 55.6 Å². The SMILES string of the molecule is Cc1nc2c(c(N3CCOCC3)n1)CN(C(=O)CCC1CCCC1)CC2. The van der Waals surface area contributed by atoms with Crippen LogP contribution in [-0.2, 0) is 22.5 Å². The van der Waals surface area contributed by atoms with Gasteiger partial charge < -0.3 is 14.5 Å². The third-order valence-corrected chi connectivity index (χ3v) is 6.05. The first-order chi connectivity index (χ1) is 12.7. The molecule has 0 bridgehead atoms. The zero-order valence-electron chi connectivity index (χ0n) is 15.9. The van der Waals surface area contributed by atoms with Crippen LogP contribution in [0, 0.1) is 12.8 Å². The van der Waals surface area contributed by atoms with E-state index in [1.165, 1.54) is 25.7 Å². The molecule has 3 aliphatic rings. The van der Waals surface area contributed by atoms with Crippen LogP contribution in [0.3, 0.4) is 0 Å². The molecule has 3 heterocycles. The topological polar surface area (TPSA) is 58.6 Å². The van der Waals surface area contributed by atoms with Gasteiger partial charge in [0.25, 0.3) is 0 Å². The van der Waals surface area contributed by atoms with Crippen molar-refractivity contribution in [2.24, 2.45) is 5.92 Å². The Hall–Kier alpha value is -1.69. The number of anilines is 1. The summed E-state index contributed by atoms with van der Waals surface area (Å²) in [6.07, 6.45) is 7.90. The summed E-state index contributed by atoms with van der Waals surface area (Å²) in [5.41, 5.74) is 2.27. The van der Waals surface area contributed by atoms with E-state index >= 15 is 0 Å². The number of morpholine rings is 1. The molecule has 1 aromatic rings. The fraction of sp³-hybridized carbons (Fsp3) is 0.750. The third-order valence-electron chi connectivity index (χ3n) is 6.05. The summed E-state index contributed by atoms with van der Waals surface area (Å²) < 4.78 is 5.49. The molecule has 0 spiro atoms. The summed E-state index contributed by atoms with van der Waals surface area (Å²) in [6.45, 7) is 6.60. The number of hydrogen-bond acceptors (Lipinski definition) is 5. The molecular weight excluding hydrogens is 328 g/mol. The Morgan fingerprint density at radius 2 is 1.92 bits per heavy atom. The number of aromatic nitrogens is 2. The fourth-order valence-corrected chi connectivity index (χ4v) is 4.55. The van der Waals surface area contributed by atoms with Gasteiger partial charge in [-0.15, -0.1) is 0 Å². The minimum absolute atomic E-state index is 0.302. The van der Waals surface area contributed by atoms with Gasteiger partial charge in [0.1, 0.15) is 11.6 Å². The predicted molar refractivity (Wildman–Crippen MR) is 100 cm³/mol. The smallest absolute Gasteiger partial charge is 0.222 e. The molecule has 0 N–H and O–H groups in total. The average molecular weight is 358 g/mol. The van der Waals surface area contributed by atoms with E-state index in [1.807, 2.05) is 11.8 Å². The zero-order chi connectivity index (χ0) is 17.9. The highest BCUT2D eigenvalue weighted by Crippen LogP contribution is 2.30. The van der Waals surface area contributed by atoms with E-state index in [4.69, 9.17) is 9.72 Å². The molecule has 26 heavy (non-hydrogen) atoms. The van der Waals surface area contributed by atoms with Crippen LogP contribution < -0.4 is 4.90 Å². The van der Waals surface area contributed by atoms with Gasteiger partial charge in [-0.2, -0.15) is 0 Å². The van der Waals surface area contributed by atoms with Crippen LogP contribution in [0.4, 0.5) is 5.82 Å². The summed E-state index contributed by atoms with van der Waals surface area (Å²) in [6, 6.07) is 0. The van der Waals surface area contributed by atoms with E-state index in [2.05, 4.69) is 9.88 Å². The van der Waals surface area contributed by atoms with E-state index in [9.17, 15) is 4.79 Å². The minimum Gasteiger partial charge on any atom is -0.378 e. The van der Waals surface area contributed by atoms with Crippen molar-refractivity contribution in [3.05, 3.63) is 17.1 Å². The van der Waals surface area contributed by atoms with Crippen molar-refractivity contribution in [2.75, 3.05) is 37.7 Å². The van der Waals surface area contributed by atoms with Crippen molar-refractivity contribution < 1.29 is 9.53 Å². The lowest BCUT2D eigenvalue weighted by Crippen LogP contribution is -2.41. The van der Waals surface area contributed by atoms with E-state index < -0.39 is 0 Å². The van der Waals surface area contributed by atoms with Crippen LogP contribution in [0.15, 0.2) is 0 Å². The lowest BCUT2D eigenvalue weighted by atomic mass is 10.00. The molecule has 4 rings (SSSR count). The first kappa shape index (κ1) is 17.7. The van der Waals surface area contributed by atoms with Gasteiger partial charge in [0, 0.05) is 38.0 Å². The Balaban J connectivity index is 1.47. The molecule has 0 radical (unpaired) electrons. The molecule has 6 nitrogen and oxygen atoms in total. The van der Waals surface area contributed by atoms with Gasteiger partial charge in [-0.1, -0.05) is 25.7 Å². The lowest BCUT2D eigenvalue weighted by molar-refractivity contribution is -0.132. The molecule has 1 saturated heterocycles. The predicted octanol–water partition coefficient (Wildman–Crippen LogP) is 2.48. The molecule has 2 fully saturated rings. The monoisotopic (exact) mass is 358 g/mol. The highest BCUT2D eigenvalue weighted by molar-refractivity contribution is 5.76. The Morgan fingerprint density at radius 1 is 1.15 bits per heavy atom. The zero-order valence-corrected chi connectivity index (χ0v) is 15.9. The summed E-state index contributed by atoms with van der Waals surface area (Å²) in [5, 5.41) is 0. The molecule has 0 aromatic carbocycles. The van der Waals surface area contributed by atoms with Crippen LogP contribution in [0.25, 0.3) is 0 Å². The van der Waals surface area contributed by atoms with Crippen LogP contribution in [-0.4, -0.2) is 53.6 Å². The normalized spacial score (nSPS) is 21.1. The fourth-order valence-electron chi connectivity index (χ4n) is 4.55. The quantitative estimate of drug-likeness (QED) is 0.828. The largest absolute Gasteiger partial charge is 0.378 e. The molecule has 1 aliphatic carbocycles. The number of rotatable bonds is 4. The molecule has 0 unspecified atom stereocenters. The number of amides is 1. The van der Waals surface area contributed by atoms with Gasteiger partial charge in [0.05, 0.1) is 25.5 Å². The Labute approximate surface area is 155 Å². The molecule has 0 atom stereocenters. The Bertz CT molecular complexity index is 651. The average Bonchev–Trinajstić information content (AvgIpc) is 3.19. The number of hydrogen-bond donors (Lipinski definition) is 0. The van der Waals surface area contributed by atoms with Gasteiger partial charge in [-0.25, -0.2) is 9.97 Å². The Kier molecular flexibility index (Phi) is 5.38. The first-order valence-electron chi connectivity index (χ1n) is 10.2. The minimum atomic E-state index is 0.302. The number of carbonyl (C=O) groups excluding carboxylic acids is 1. The highest BCUT2D eigenvalue weighted by Gasteiger charge is 2.28. The Morgan fingerprint density at radius 3 is 2.69 bits per heavy atom. The van der Waals surface area contributed by atoms with Gasteiger partial charge in [-0.3, -0.25) is 4.79 Å². The van der Waals surface area contributed by atoms with E-state index in [1.54, 1.807) is 0 Å². The maximum atomic E-state index is 12.8. The number of aryl methyl sites for hydroxylation is 1. The number of fused-ring (bicyclic) bond motifs is 1. The van der Waals surface area contributed by atoms with Crippen molar-refractivity contribution in [2.45, 2.75) is 58.4 Å². The van der Waals surface area contributed by atoms with Gasteiger partial charge in [0.15, 0.2) is 0 Å². The lowest BCUT2D eigenvalue weighted by Gasteiger charge is -2.34. The molecule has 1 aromatic heterocycles. The maximum Gasteiger partial charge on any atom is 0.222 e. The summed E-state index contributed by atoms with van der Waals surface area (Å²) in [4.78, 5) is 26.5. The third kappa shape index (κ3) is 3.85. The van der Waals surface area contributed by atoms with Crippen LogP contribution >= 0.6 is 0 Å². The molecular formula is C20H30N4O2. The van der Waals surface area contributed by atoms with Crippen molar-refractivity contribution >= 4 is 11.7 Å². The van der Waals surface area contributed by atoms with Crippen LogP contribution in [0.5, 0.6) is 0 Å². The molecule has 6 heteroatoms. The molecule has 2 aliphatic heterocycles. The molecule has 142 valence electrons. The van der Waals surface area contributed by atoms with Crippen molar-refractivity contribution in [1.29, 1.82) is 0 Å². The van der Waals surface area contributed by atoms with Crippen molar-refractivity contribution in [3.63, 3.8) is 0 Å². The molecule has 1 saturated carbocycles. The van der Waals surface area contributed by atoms with E-state index in [0.29, 0.717) is 18.9 Å². The van der Waals surface area contributed by atoms with E-state index in [0.717, 1.165) is 74.5 Å². The number of carbonyl (C=O) groups is 1. The van der Waals surface area contributed by atoms with Crippen LogP contribution in [0.2, 0.25) is 0 Å². The van der Waals surface area contributed by atoms with Gasteiger partial charge in [0.2, 0.25) is 5.91 Å². The number of nitrogens with zero attached hydrogens (tertiary/aromatic N) is 4. The van der Waals surface area contributed by atoms with Crippen molar-refractivity contribution in [3.8, 4) is 0 Å². The summed E-state index contributed by atoms with van der Waals surface area (Å²) >= 11 is 0. The second kappa shape index (κ2) is 7.91. The second-order valence-corrected chi connectivity index (χ2v) is 7.87. The second-order valence-electron chi connectivity index (χ2n) is 7.87. The van der Waals surface area contributed by atoms with Gasteiger partial charge >= 0.3 is 0 Å². The standard InChI is InChI=1S/C20H30N4O2/c1-15-21-18-8-9-24(19(25)7-6-16-4-2-3-5-16)14-17(18)20(22-15)23-10-12-26-13-11-23/h16H,2-14H2,1H3. The van der Waals surface area contributed by atoms with Gasteiger partial charge in [-0.05, 0) is 19.3 Å². The first-order valence-corrected chi connectivity index (χ1v) is 10.2. The maximum absolute atomic E-state index is 12.8. The van der Waals surface area contributed by atoms with Crippen molar-refractivity contribution in [1.82, 2.24) is 14.9 Å². The number of ether oxygens (including phenoxy) is 1. The van der Waals surface area contributed by atoms with E-state index in [-0.39, 0.29) is 0 Å².